The van der Waals surface area contributed by atoms with Gasteiger partial charge in [0.25, 0.3) is 0 Å². The number of para-hydroxylation sites is 2. The number of hydrogen-bond acceptors (Lipinski definition) is 3. The van der Waals surface area contributed by atoms with E-state index in [4.69, 9.17) is 4.98 Å². The Balaban J connectivity index is 1.66. The van der Waals surface area contributed by atoms with Gasteiger partial charge in [-0.15, -0.1) is 0 Å². The summed E-state index contributed by atoms with van der Waals surface area (Å²) in [4.78, 5) is 4.95. The number of nitrogens with zero attached hydrogens (tertiary/aromatic N) is 3. The Morgan fingerprint density at radius 2 is 1.61 bits per heavy atom. The van der Waals surface area contributed by atoms with Crippen LogP contribution in [0.3, 0.4) is 0 Å². The lowest BCUT2D eigenvalue weighted by atomic mass is 10.1. The second kappa shape index (κ2) is 7.90. The first-order valence-electron chi connectivity index (χ1n) is 10.3. The van der Waals surface area contributed by atoms with E-state index in [-0.39, 0.29) is 4.90 Å². The van der Waals surface area contributed by atoms with Gasteiger partial charge in [0.2, 0.25) is 10.0 Å². The summed E-state index contributed by atoms with van der Waals surface area (Å²) in [6.07, 6.45) is 1.17. The van der Waals surface area contributed by atoms with Crippen LogP contribution in [0.25, 0.3) is 11.0 Å². The van der Waals surface area contributed by atoms with E-state index in [0.717, 1.165) is 22.4 Å². The summed E-state index contributed by atoms with van der Waals surface area (Å²) in [5.41, 5.74) is 2.90. The first kappa shape index (κ1) is 19.9. The average Bonchev–Trinajstić information content (AvgIpc) is 3.05. The normalized spacial score (nSPS) is 17.4. The maximum Gasteiger partial charge on any atom is 0.243 e. The van der Waals surface area contributed by atoms with Crippen LogP contribution in [0.4, 0.5) is 4.39 Å². The molecule has 1 atom stereocenters. The summed E-state index contributed by atoms with van der Waals surface area (Å²) in [6, 6.07) is 22.3. The number of imidazole rings is 1. The molecule has 5 nitrogen and oxygen atoms in total. The second-order valence-electron chi connectivity index (χ2n) is 7.74. The van der Waals surface area contributed by atoms with E-state index in [1.165, 1.54) is 28.6 Å². The molecule has 2 heterocycles. The molecule has 3 aromatic carbocycles. The predicted octanol–water partition coefficient (Wildman–Crippen LogP) is 4.55. The lowest BCUT2D eigenvalue weighted by Crippen LogP contribution is -2.36. The van der Waals surface area contributed by atoms with Crippen molar-refractivity contribution in [1.29, 1.82) is 0 Å². The summed E-state index contributed by atoms with van der Waals surface area (Å²) < 4.78 is 44.4. The van der Waals surface area contributed by atoms with Crippen molar-refractivity contribution in [3.8, 4) is 0 Å². The van der Waals surface area contributed by atoms with Gasteiger partial charge in [-0.2, -0.15) is 4.31 Å². The molecule has 0 amide bonds. The molecule has 0 saturated carbocycles. The van der Waals surface area contributed by atoms with Gasteiger partial charge in [-0.1, -0.05) is 42.5 Å². The fourth-order valence-corrected chi connectivity index (χ4v) is 5.94. The zero-order chi connectivity index (χ0) is 21.4. The van der Waals surface area contributed by atoms with E-state index in [1.54, 1.807) is 0 Å². The van der Waals surface area contributed by atoms with Crippen LogP contribution in [-0.2, 0) is 23.0 Å². The minimum Gasteiger partial charge on any atom is -0.327 e. The zero-order valence-corrected chi connectivity index (χ0v) is 17.7. The fourth-order valence-electron chi connectivity index (χ4n) is 4.31. The Kier molecular flexibility index (Phi) is 5.08. The van der Waals surface area contributed by atoms with Gasteiger partial charge in [0.05, 0.1) is 22.0 Å². The van der Waals surface area contributed by atoms with Gasteiger partial charge in [0.1, 0.15) is 11.6 Å². The molecule has 1 aromatic heterocycles. The molecule has 31 heavy (non-hydrogen) atoms. The van der Waals surface area contributed by atoms with Crippen LogP contribution in [0.2, 0.25) is 0 Å². The SMILES string of the molecule is O=S(=O)(c1ccc(F)cc1)N1CCCn2c(nc3ccccc32)C1Cc1ccccc1. The molecule has 0 N–H and O–H groups in total. The van der Waals surface area contributed by atoms with Crippen LogP contribution >= 0.6 is 0 Å². The molecular formula is C24H22FN3O2S. The molecule has 1 unspecified atom stereocenters. The standard InChI is InChI=1S/C24H22FN3O2S/c25-19-11-13-20(14-12-19)31(29,30)28-16-6-15-27-22-10-5-4-9-21(22)26-24(27)23(28)17-18-7-2-1-3-8-18/h1-5,7-14,23H,6,15-17H2. The van der Waals surface area contributed by atoms with Gasteiger partial charge in [-0.05, 0) is 54.8 Å². The van der Waals surface area contributed by atoms with E-state index in [9.17, 15) is 12.8 Å². The molecule has 0 aliphatic carbocycles. The van der Waals surface area contributed by atoms with Crippen LogP contribution in [0.1, 0.15) is 23.9 Å². The predicted molar refractivity (Wildman–Crippen MR) is 118 cm³/mol. The smallest absolute Gasteiger partial charge is 0.243 e. The van der Waals surface area contributed by atoms with Gasteiger partial charge in [-0.25, -0.2) is 17.8 Å². The van der Waals surface area contributed by atoms with Gasteiger partial charge in [0.15, 0.2) is 0 Å². The molecule has 7 heteroatoms. The lowest BCUT2D eigenvalue weighted by molar-refractivity contribution is 0.321. The number of rotatable bonds is 4. The molecule has 5 rings (SSSR count). The number of aryl methyl sites for hydroxylation is 1. The van der Waals surface area contributed by atoms with Crippen LogP contribution in [0.15, 0.2) is 83.8 Å². The summed E-state index contributed by atoms with van der Waals surface area (Å²) in [6.45, 7) is 1.06. The number of halogens is 1. The molecular weight excluding hydrogens is 413 g/mol. The Hall–Kier alpha value is -3.03. The van der Waals surface area contributed by atoms with Gasteiger partial charge in [0, 0.05) is 13.1 Å². The molecule has 0 bridgehead atoms. The monoisotopic (exact) mass is 435 g/mol. The minimum absolute atomic E-state index is 0.0940. The number of aromatic nitrogens is 2. The Morgan fingerprint density at radius 3 is 2.39 bits per heavy atom. The lowest BCUT2D eigenvalue weighted by Gasteiger charge is -2.28. The molecule has 1 aliphatic heterocycles. The van der Waals surface area contributed by atoms with Crippen molar-refractivity contribution in [3.63, 3.8) is 0 Å². The van der Waals surface area contributed by atoms with Gasteiger partial charge < -0.3 is 4.57 Å². The first-order valence-corrected chi connectivity index (χ1v) is 11.7. The maximum absolute atomic E-state index is 13.6. The van der Waals surface area contributed by atoms with Crippen molar-refractivity contribution >= 4 is 21.1 Å². The average molecular weight is 436 g/mol. The van der Waals surface area contributed by atoms with E-state index < -0.39 is 21.9 Å². The highest BCUT2D eigenvalue weighted by Gasteiger charge is 2.37. The number of hydrogen-bond donors (Lipinski definition) is 0. The Morgan fingerprint density at radius 1 is 0.903 bits per heavy atom. The molecule has 0 spiro atoms. The van der Waals surface area contributed by atoms with Crippen LogP contribution in [0, 0.1) is 5.82 Å². The van der Waals surface area contributed by atoms with Crippen molar-refractivity contribution < 1.29 is 12.8 Å². The van der Waals surface area contributed by atoms with E-state index in [1.807, 2.05) is 54.6 Å². The summed E-state index contributed by atoms with van der Waals surface area (Å²) in [5.74, 6) is 0.283. The van der Waals surface area contributed by atoms with E-state index in [0.29, 0.717) is 25.9 Å². The number of fused-ring (bicyclic) bond motifs is 3. The summed E-state index contributed by atoms with van der Waals surface area (Å²) >= 11 is 0. The van der Waals surface area contributed by atoms with E-state index in [2.05, 4.69) is 4.57 Å². The van der Waals surface area contributed by atoms with Gasteiger partial charge in [-0.3, -0.25) is 0 Å². The van der Waals surface area contributed by atoms with Gasteiger partial charge >= 0.3 is 0 Å². The zero-order valence-electron chi connectivity index (χ0n) is 16.9. The Bertz CT molecular complexity index is 1320. The highest BCUT2D eigenvalue weighted by atomic mass is 32.2. The molecule has 0 fully saturated rings. The molecule has 158 valence electrons. The third-order valence-electron chi connectivity index (χ3n) is 5.78. The van der Waals surface area contributed by atoms with Crippen molar-refractivity contribution in [2.75, 3.05) is 6.54 Å². The highest BCUT2D eigenvalue weighted by molar-refractivity contribution is 7.89. The highest BCUT2D eigenvalue weighted by Crippen LogP contribution is 2.35. The van der Waals surface area contributed by atoms with Crippen LogP contribution in [-0.4, -0.2) is 28.8 Å². The minimum atomic E-state index is -3.84. The van der Waals surface area contributed by atoms with E-state index >= 15 is 0 Å². The van der Waals surface area contributed by atoms with Crippen molar-refractivity contribution in [2.45, 2.75) is 30.3 Å². The molecule has 0 radical (unpaired) electrons. The third kappa shape index (κ3) is 3.64. The van der Waals surface area contributed by atoms with Crippen molar-refractivity contribution in [3.05, 3.63) is 96.1 Å². The third-order valence-corrected chi connectivity index (χ3v) is 7.70. The van der Waals surface area contributed by atoms with Crippen LogP contribution < -0.4 is 0 Å². The molecule has 4 aromatic rings. The first-order chi connectivity index (χ1) is 15.0. The van der Waals surface area contributed by atoms with Crippen LogP contribution in [0.5, 0.6) is 0 Å². The summed E-state index contributed by atoms with van der Waals surface area (Å²) in [5, 5.41) is 0. The quantitative estimate of drug-likeness (QED) is 0.472. The Labute approximate surface area is 180 Å². The largest absolute Gasteiger partial charge is 0.327 e. The number of sulfonamides is 1. The van der Waals surface area contributed by atoms with Crippen molar-refractivity contribution in [2.24, 2.45) is 0 Å². The summed E-state index contributed by atoms with van der Waals surface area (Å²) in [7, 11) is -3.84. The molecule has 1 aliphatic rings. The second-order valence-corrected chi connectivity index (χ2v) is 9.63. The maximum atomic E-state index is 13.6. The van der Waals surface area contributed by atoms with Crippen molar-refractivity contribution in [1.82, 2.24) is 13.9 Å². The number of benzene rings is 3. The fraction of sp³-hybridized carbons (Fsp3) is 0.208. The topological polar surface area (TPSA) is 55.2 Å². The molecule has 0 saturated heterocycles.